The van der Waals surface area contributed by atoms with Gasteiger partial charge in [-0.1, -0.05) is 38.1 Å². The van der Waals surface area contributed by atoms with E-state index in [0.29, 0.717) is 12.6 Å². The molecule has 0 aliphatic rings. The summed E-state index contributed by atoms with van der Waals surface area (Å²) in [5.41, 5.74) is 1.25. The fourth-order valence-electron chi connectivity index (χ4n) is 2.16. The van der Waals surface area contributed by atoms with Crippen molar-refractivity contribution in [2.75, 3.05) is 6.54 Å². The SMILES string of the molecule is CCNC(CC)c1ccccc1OCc1cccs1. The Morgan fingerprint density at radius 1 is 1.16 bits per heavy atom. The van der Waals surface area contributed by atoms with Crippen LogP contribution in [0, 0.1) is 0 Å². The summed E-state index contributed by atoms with van der Waals surface area (Å²) >= 11 is 1.73. The van der Waals surface area contributed by atoms with Crippen molar-refractivity contribution < 1.29 is 4.74 Å². The highest BCUT2D eigenvalue weighted by Crippen LogP contribution is 2.28. The second-order valence-corrected chi connectivity index (χ2v) is 5.46. The molecule has 1 N–H and O–H groups in total. The Balaban J connectivity index is 2.11. The molecule has 3 heteroatoms. The van der Waals surface area contributed by atoms with E-state index in [9.17, 15) is 0 Å². The van der Waals surface area contributed by atoms with E-state index in [1.807, 2.05) is 6.07 Å². The maximum Gasteiger partial charge on any atom is 0.124 e. The first kappa shape index (κ1) is 14.1. The number of ether oxygens (including phenoxy) is 1. The molecule has 1 atom stereocenters. The van der Waals surface area contributed by atoms with Crippen molar-refractivity contribution in [2.45, 2.75) is 32.9 Å². The Morgan fingerprint density at radius 3 is 2.68 bits per heavy atom. The molecule has 1 heterocycles. The van der Waals surface area contributed by atoms with Gasteiger partial charge >= 0.3 is 0 Å². The number of benzene rings is 1. The molecule has 1 aromatic heterocycles. The fourth-order valence-corrected chi connectivity index (χ4v) is 2.78. The number of rotatable bonds is 7. The molecule has 102 valence electrons. The Hall–Kier alpha value is -1.32. The van der Waals surface area contributed by atoms with Gasteiger partial charge in [-0.25, -0.2) is 0 Å². The first-order valence-electron chi connectivity index (χ1n) is 6.82. The molecule has 0 saturated heterocycles. The molecule has 0 aliphatic carbocycles. The monoisotopic (exact) mass is 275 g/mol. The van der Waals surface area contributed by atoms with Gasteiger partial charge in [-0.15, -0.1) is 11.3 Å². The number of hydrogen-bond donors (Lipinski definition) is 1. The lowest BCUT2D eigenvalue weighted by molar-refractivity contribution is 0.302. The van der Waals surface area contributed by atoms with Crippen LogP contribution in [0.5, 0.6) is 5.75 Å². The van der Waals surface area contributed by atoms with Crippen molar-refractivity contribution in [3.63, 3.8) is 0 Å². The normalized spacial score (nSPS) is 12.3. The fraction of sp³-hybridized carbons (Fsp3) is 0.375. The van der Waals surface area contributed by atoms with Crippen LogP contribution in [0.3, 0.4) is 0 Å². The Bertz CT molecular complexity index is 481. The number of hydrogen-bond acceptors (Lipinski definition) is 3. The molecule has 19 heavy (non-hydrogen) atoms. The summed E-state index contributed by atoms with van der Waals surface area (Å²) in [7, 11) is 0. The molecule has 0 fully saturated rings. The topological polar surface area (TPSA) is 21.3 Å². The van der Waals surface area contributed by atoms with E-state index >= 15 is 0 Å². The predicted octanol–water partition coefficient (Wildman–Crippen LogP) is 4.39. The van der Waals surface area contributed by atoms with Crippen molar-refractivity contribution in [2.24, 2.45) is 0 Å². The molecule has 0 amide bonds. The smallest absolute Gasteiger partial charge is 0.124 e. The van der Waals surface area contributed by atoms with E-state index < -0.39 is 0 Å². The first-order chi connectivity index (χ1) is 9.35. The zero-order valence-electron chi connectivity index (χ0n) is 11.6. The third-order valence-electron chi connectivity index (χ3n) is 3.10. The van der Waals surface area contributed by atoms with Crippen molar-refractivity contribution >= 4 is 11.3 Å². The van der Waals surface area contributed by atoms with Gasteiger partial charge in [0.15, 0.2) is 0 Å². The van der Waals surface area contributed by atoms with E-state index in [2.05, 4.69) is 54.9 Å². The third kappa shape index (κ3) is 3.82. The van der Waals surface area contributed by atoms with Crippen LogP contribution in [0.4, 0.5) is 0 Å². The van der Waals surface area contributed by atoms with E-state index in [1.54, 1.807) is 11.3 Å². The van der Waals surface area contributed by atoms with Crippen molar-refractivity contribution in [3.8, 4) is 5.75 Å². The molecular formula is C16H21NOS. The molecule has 0 aliphatic heterocycles. The molecule has 0 spiro atoms. The third-order valence-corrected chi connectivity index (χ3v) is 3.95. The predicted molar refractivity (Wildman–Crippen MR) is 81.8 cm³/mol. The molecule has 0 saturated carbocycles. The van der Waals surface area contributed by atoms with Gasteiger partial charge in [0.1, 0.15) is 12.4 Å². The summed E-state index contributed by atoms with van der Waals surface area (Å²) in [5.74, 6) is 0.990. The van der Waals surface area contributed by atoms with Gasteiger partial charge in [-0.3, -0.25) is 0 Å². The highest BCUT2D eigenvalue weighted by atomic mass is 32.1. The molecule has 0 radical (unpaired) electrons. The second-order valence-electron chi connectivity index (χ2n) is 4.42. The number of nitrogens with one attached hydrogen (secondary N) is 1. The van der Waals surface area contributed by atoms with Crippen LogP contribution < -0.4 is 10.1 Å². The van der Waals surface area contributed by atoms with Crippen LogP contribution in [-0.2, 0) is 6.61 Å². The van der Waals surface area contributed by atoms with Crippen molar-refractivity contribution in [1.29, 1.82) is 0 Å². The molecule has 1 aromatic carbocycles. The zero-order chi connectivity index (χ0) is 13.5. The summed E-state index contributed by atoms with van der Waals surface area (Å²) in [6.45, 7) is 5.95. The summed E-state index contributed by atoms with van der Waals surface area (Å²) in [4.78, 5) is 1.26. The van der Waals surface area contributed by atoms with Crippen LogP contribution in [0.15, 0.2) is 41.8 Å². The van der Waals surface area contributed by atoms with Gasteiger partial charge in [0.2, 0.25) is 0 Å². The van der Waals surface area contributed by atoms with Crippen molar-refractivity contribution in [1.82, 2.24) is 5.32 Å². The maximum atomic E-state index is 5.98. The van der Waals surface area contributed by atoms with Crippen LogP contribution in [0.25, 0.3) is 0 Å². The minimum absolute atomic E-state index is 0.365. The molecule has 1 unspecified atom stereocenters. The van der Waals surface area contributed by atoms with Crippen molar-refractivity contribution in [3.05, 3.63) is 52.2 Å². The lowest BCUT2D eigenvalue weighted by Gasteiger charge is -2.19. The highest BCUT2D eigenvalue weighted by Gasteiger charge is 2.13. The van der Waals surface area contributed by atoms with Crippen LogP contribution in [0.1, 0.15) is 36.8 Å². The first-order valence-corrected chi connectivity index (χ1v) is 7.70. The molecule has 2 nitrogen and oxygen atoms in total. The summed E-state index contributed by atoms with van der Waals surface area (Å²) in [6.07, 6.45) is 1.06. The van der Waals surface area contributed by atoms with Gasteiger partial charge in [-0.2, -0.15) is 0 Å². The Kier molecular flexibility index (Phi) is 5.43. The number of thiophene rings is 1. The largest absolute Gasteiger partial charge is 0.488 e. The zero-order valence-corrected chi connectivity index (χ0v) is 12.4. The lowest BCUT2D eigenvalue weighted by Crippen LogP contribution is -2.20. The van der Waals surface area contributed by atoms with E-state index in [0.717, 1.165) is 18.7 Å². The van der Waals surface area contributed by atoms with E-state index in [-0.39, 0.29) is 0 Å². The number of para-hydroxylation sites is 1. The van der Waals surface area contributed by atoms with Gasteiger partial charge in [0.05, 0.1) is 0 Å². The molecule has 2 rings (SSSR count). The van der Waals surface area contributed by atoms with Gasteiger partial charge in [0.25, 0.3) is 0 Å². The summed E-state index contributed by atoms with van der Waals surface area (Å²) in [6, 6.07) is 12.9. The Labute approximate surface area is 119 Å². The minimum Gasteiger partial charge on any atom is -0.488 e. The minimum atomic E-state index is 0.365. The van der Waals surface area contributed by atoms with Gasteiger partial charge in [0, 0.05) is 16.5 Å². The average molecular weight is 275 g/mol. The molecule has 0 bridgehead atoms. The van der Waals surface area contributed by atoms with Crippen LogP contribution in [-0.4, -0.2) is 6.54 Å². The Morgan fingerprint density at radius 2 is 2.00 bits per heavy atom. The van der Waals surface area contributed by atoms with E-state index in [4.69, 9.17) is 4.74 Å². The molecule has 2 aromatic rings. The quantitative estimate of drug-likeness (QED) is 0.809. The van der Waals surface area contributed by atoms with Gasteiger partial charge < -0.3 is 10.1 Å². The average Bonchev–Trinajstić information content (AvgIpc) is 2.96. The van der Waals surface area contributed by atoms with Gasteiger partial charge in [-0.05, 0) is 30.5 Å². The van der Waals surface area contributed by atoms with Crippen LogP contribution in [0.2, 0.25) is 0 Å². The summed E-state index contributed by atoms with van der Waals surface area (Å²) in [5, 5.41) is 5.59. The van der Waals surface area contributed by atoms with Crippen LogP contribution >= 0.6 is 11.3 Å². The lowest BCUT2D eigenvalue weighted by atomic mass is 10.0. The summed E-state index contributed by atoms with van der Waals surface area (Å²) < 4.78 is 5.98. The maximum absolute atomic E-state index is 5.98. The molecular weight excluding hydrogens is 254 g/mol. The second kappa shape index (κ2) is 7.31. The highest BCUT2D eigenvalue weighted by molar-refractivity contribution is 7.09. The standard InChI is InChI=1S/C16H21NOS/c1-3-15(17-4-2)14-9-5-6-10-16(14)18-12-13-8-7-11-19-13/h5-11,15,17H,3-4,12H2,1-2H3. The van der Waals surface area contributed by atoms with E-state index in [1.165, 1.54) is 10.4 Å².